The second-order valence-electron chi connectivity index (χ2n) is 4.76. The van der Waals surface area contributed by atoms with Crippen molar-refractivity contribution in [1.82, 2.24) is 4.90 Å². The molecule has 5 heteroatoms. The summed E-state index contributed by atoms with van der Waals surface area (Å²) in [6.07, 6.45) is 7.49. The number of nitrogens with zero attached hydrogens (tertiary/aromatic N) is 1. The molecule has 3 nitrogen and oxygen atoms in total. The number of carbonyl (C=O) groups excluding carboxylic acids is 1. The number of likely N-dealkylation sites (tertiary alicyclic amines) is 1. The van der Waals surface area contributed by atoms with Gasteiger partial charge in [0.1, 0.15) is 5.02 Å². The first kappa shape index (κ1) is 15.0. The van der Waals surface area contributed by atoms with Crippen molar-refractivity contribution >= 4 is 29.3 Å². The van der Waals surface area contributed by atoms with E-state index in [9.17, 15) is 4.79 Å². The fourth-order valence-electron chi connectivity index (χ4n) is 2.21. The van der Waals surface area contributed by atoms with Gasteiger partial charge in [-0.05, 0) is 30.9 Å². The van der Waals surface area contributed by atoms with E-state index in [0.717, 1.165) is 19.3 Å². The second-order valence-corrected chi connectivity index (χ2v) is 5.54. The van der Waals surface area contributed by atoms with Crippen molar-refractivity contribution < 1.29 is 9.53 Å². The lowest BCUT2D eigenvalue weighted by molar-refractivity contribution is 0.131. The molecule has 1 aliphatic rings. The van der Waals surface area contributed by atoms with Crippen LogP contribution in [0, 0.1) is 18.3 Å². The van der Waals surface area contributed by atoms with Crippen molar-refractivity contribution in [1.29, 1.82) is 0 Å². The number of benzene rings is 1. The Labute approximate surface area is 128 Å². The van der Waals surface area contributed by atoms with Crippen molar-refractivity contribution in [3.05, 3.63) is 28.2 Å². The normalized spacial score (nSPS) is 15.8. The van der Waals surface area contributed by atoms with Gasteiger partial charge < -0.3 is 9.64 Å². The molecule has 0 aliphatic carbocycles. The Morgan fingerprint density at radius 3 is 2.75 bits per heavy atom. The van der Waals surface area contributed by atoms with Crippen molar-refractivity contribution in [2.24, 2.45) is 5.92 Å². The highest BCUT2D eigenvalue weighted by Crippen LogP contribution is 2.32. The maximum absolute atomic E-state index is 12.1. The number of terminal acetylenes is 1. The fourth-order valence-corrected chi connectivity index (χ4v) is 2.54. The second kappa shape index (κ2) is 6.88. The predicted octanol–water partition coefficient (Wildman–Crippen LogP) is 4.23. The van der Waals surface area contributed by atoms with Crippen molar-refractivity contribution in [2.45, 2.75) is 19.3 Å². The quantitative estimate of drug-likeness (QED) is 0.765. The molecule has 1 aromatic carbocycles. The molecule has 0 bridgehead atoms. The lowest BCUT2D eigenvalue weighted by Crippen LogP contribution is -2.40. The van der Waals surface area contributed by atoms with E-state index in [2.05, 4.69) is 5.92 Å². The Balaban J connectivity index is 1.93. The molecule has 20 heavy (non-hydrogen) atoms. The fraction of sp³-hybridized carbons (Fsp3) is 0.400. The topological polar surface area (TPSA) is 29.5 Å². The van der Waals surface area contributed by atoms with E-state index in [-0.39, 0.29) is 10.8 Å². The van der Waals surface area contributed by atoms with Crippen LogP contribution in [-0.2, 0) is 0 Å². The monoisotopic (exact) mass is 311 g/mol. The van der Waals surface area contributed by atoms with Gasteiger partial charge in [0.2, 0.25) is 0 Å². The minimum atomic E-state index is -0.395. The van der Waals surface area contributed by atoms with E-state index in [4.69, 9.17) is 34.4 Å². The van der Waals surface area contributed by atoms with E-state index in [1.54, 1.807) is 23.1 Å². The summed E-state index contributed by atoms with van der Waals surface area (Å²) in [5, 5.41) is 0.620. The van der Waals surface area contributed by atoms with Crippen LogP contribution in [0.3, 0.4) is 0 Å². The molecule has 0 atom stereocenters. The van der Waals surface area contributed by atoms with Gasteiger partial charge in [-0.1, -0.05) is 29.3 Å². The summed E-state index contributed by atoms with van der Waals surface area (Å²) in [6.45, 7) is 1.31. The molecule has 1 fully saturated rings. The number of amides is 1. The Hall–Kier alpha value is -1.37. The zero-order chi connectivity index (χ0) is 14.5. The van der Waals surface area contributed by atoms with Gasteiger partial charge in [0.05, 0.1) is 5.02 Å². The Kier molecular flexibility index (Phi) is 5.17. The van der Waals surface area contributed by atoms with E-state index < -0.39 is 6.09 Å². The first-order chi connectivity index (χ1) is 9.61. The van der Waals surface area contributed by atoms with Crippen LogP contribution in [0.25, 0.3) is 0 Å². The molecular weight excluding hydrogens is 297 g/mol. The van der Waals surface area contributed by atoms with Crippen LogP contribution >= 0.6 is 23.2 Å². The van der Waals surface area contributed by atoms with Crippen molar-refractivity contribution in [2.75, 3.05) is 13.1 Å². The summed E-state index contributed by atoms with van der Waals surface area (Å²) in [6, 6.07) is 4.96. The molecule has 1 saturated heterocycles. The Morgan fingerprint density at radius 2 is 2.10 bits per heavy atom. The Bertz CT molecular complexity index is 531. The highest BCUT2D eigenvalue weighted by atomic mass is 35.5. The van der Waals surface area contributed by atoms with Crippen LogP contribution in [-0.4, -0.2) is 24.1 Å². The van der Waals surface area contributed by atoms with Gasteiger partial charge in [0, 0.05) is 19.5 Å². The lowest BCUT2D eigenvalue weighted by atomic mass is 9.94. The predicted molar refractivity (Wildman–Crippen MR) is 80.2 cm³/mol. The average molecular weight is 312 g/mol. The van der Waals surface area contributed by atoms with E-state index in [1.807, 2.05) is 0 Å². The summed E-state index contributed by atoms with van der Waals surface area (Å²) < 4.78 is 5.29. The summed E-state index contributed by atoms with van der Waals surface area (Å²) in [5.74, 6) is 3.45. The first-order valence-electron chi connectivity index (χ1n) is 6.46. The number of hydrogen-bond donors (Lipinski definition) is 0. The molecule has 0 aromatic heterocycles. The SMILES string of the molecule is C#CCC1CCN(C(=O)Oc2cccc(Cl)c2Cl)CC1. The van der Waals surface area contributed by atoms with Gasteiger partial charge in [0.15, 0.2) is 5.75 Å². The standard InChI is InChI=1S/C15H15Cl2NO2/c1-2-4-11-7-9-18(10-8-11)15(19)20-13-6-3-5-12(16)14(13)17/h1,3,5-6,11H,4,7-10H2. The zero-order valence-corrected chi connectivity index (χ0v) is 12.5. The molecule has 1 aliphatic heterocycles. The largest absolute Gasteiger partial charge is 0.415 e. The molecule has 0 unspecified atom stereocenters. The Morgan fingerprint density at radius 1 is 1.40 bits per heavy atom. The maximum Gasteiger partial charge on any atom is 0.415 e. The number of ether oxygens (including phenoxy) is 1. The van der Waals surface area contributed by atoms with Gasteiger partial charge in [-0.15, -0.1) is 12.3 Å². The van der Waals surface area contributed by atoms with E-state index >= 15 is 0 Å². The third-order valence-corrected chi connectivity index (χ3v) is 4.19. The molecule has 1 amide bonds. The van der Waals surface area contributed by atoms with Crippen LogP contribution in [0.5, 0.6) is 5.75 Å². The van der Waals surface area contributed by atoms with Gasteiger partial charge >= 0.3 is 6.09 Å². The summed E-state index contributed by atoms with van der Waals surface area (Å²) in [7, 11) is 0. The van der Waals surface area contributed by atoms with Gasteiger partial charge in [-0.2, -0.15) is 0 Å². The molecular formula is C15H15Cl2NO2. The molecule has 0 saturated carbocycles. The molecule has 106 valence electrons. The molecule has 0 spiro atoms. The molecule has 0 radical (unpaired) electrons. The third-order valence-electron chi connectivity index (χ3n) is 3.39. The highest BCUT2D eigenvalue weighted by molar-refractivity contribution is 6.43. The van der Waals surface area contributed by atoms with E-state index in [0.29, 0.717) is 24.0 Å². The molecule has 0 N–H and O–H groups in total. The van der Waals surface area contributed by atoms with Gasteiger partial charge in [-0.25, -0.2) is 4.79 Å². The molecule has 1 aromatic rings. The lowest BCUT2D eigenvalue weighted by Gasteiger charge is -2.30. The molecule has 2 rings (SSSR count). The smallest absolute Gasteiger partial charge is 0.409 e. The van der Waals surface area contributed by atoms with Crippen LogP contribution in [0.15, 0.2) is 18.2 Å². The number of halogens is 2. The number of carbonyl (C=O) groups is 1. The first-order valence-corrected chi connectivity index (χ1v) is 7.21. The summed E-state index contributed by atoms with van der Waals surface area (Å²) in [5.41, 5.74) is 0. The van der Waals surface area contributed by atoms with Crippen LogP contribution in [0.4, 0.5) is 4.79 Å². The summed E-state index contributed by atoms with van der Waals surface area (Å²) in [4.78, 5) is 13.7. The average Bonchev–Trinajstić information content (AvgIpc) is 2.45. The summed E-state index contributed by atoms with van der Waals surface area (Å²) >= 11 is 11.9. The van der Waals surface area contributed by atoms with Crippen LogP contribution in [0.2, 0.25) is 10.0 Å². The van der Waals surface area contributed by atoms with Crippen molar-refractivity contribution in [3.8, 4) is 18.1 Å². The minimum absolute atomic E-state index is 0.254. The van der Waals surface area contributed by atoms with Crippen LogP contribution in [0.1, 0.15) is 19.3 Å². The van der Waals surface area contributed by atoms with Gasteiger partial charge in [-0.3, -0.25) is 0 Å². The number of piperidine rings is 1. The zero-order valence-electron chi connectivity index (χ0n) is 10.9. The van der Waals surface area contributed by atoms with E-state index in [1.165, 1.54) is 0 Å². The maximum atomic E-state index is 12.1. The molecule has 1 heterocycles. The van der Waals surface area contributed by atoms with Crippen molar-refractivity contribution in [3.63, 3.8) is 0 Å². The highest BCUT2D eigenvalue weighted by Gasteiger charge is 2.24. The van der Waals surface area contributed by atoms with Crippen LogP contribution < -0.4 is 4.74 Å². The number of rotatable bonds is 2. The van der Waals surface area contributed by atoms with Gasteiger partial charge in [0.25, 0.3) is 0 Å². The minimum Gasteiger partial charge on any atom is -0.409 e. The number of hydrogen-bond acceptors (Lipinski definition) is 2. The third kappa shape index (κ3) is 3.59.